The van der Waals surface area contributed by atoms with Gasteiger partial charge >= 0.3 is 0 Å². The second-order valence-electron chi connectivity index (χ2n) is 11.2. The molecule has 4 fully saturated rings. The zero-order chi connectivity index (χ0) is 25.2. The molecule has 3 aromatic rings. The number of benzene rings is 1. The molecule has 4 aliphatic rings. The largest absolute Gasteiger partial charge is 0.491 e. The lowest BCUT2D eigenvalue weighted by Gasteiger charge is -2.44. The molecule has 1 aromatic carbocycles. The molecule has 0 spiro atoms. The van der Waals surface area contributed by atoms with E-state index < -0.39 is 9.84 Å². The summed E-state index contributed by atoms with van der Waals surface area (Å²) in [6, 6.07) is 8.86. The SMILES string of the molecule is Nc1ncnc2c1c(-c1cccc(OCC34CCC(CC3)O4)c1)cn2[C@H]1C[C@@H](N2CCS(=O)(=O)CC2)C1. The Morgan fingerprint density at radius 3 is 2.62 bits per heavy atom. The minimum absolute atomic E-state index is 0.117. The van der Waals surface area contributed by atoms with E-state index in [1.807, 2.05) is 12.1 Å². The van der Waals surface area contributed by atoms with Crippen LogP contribution >= 0.6 is 0 Å². The van der Waals surface area contributed by atoms with Crippen molar-refractivity contribution in [3.63, 3.8) is 0 Å². The van der Waals surface area contributed by atoms with Crippen molar-refractivity contribution in [2.45, 2.75) is 62.3 Å². The quantitative estimate of drug-likeness (QED) is 0.524. The van der Waals surface area contributed by atoms with Crippen molar-refractivity contribution < 1.29 is 17.9 Å². The molecule has 3 aliphatic heterocycles. The van der Waals surface area contributed by atoms with E-state index in [1.54, 1.807) is 0 Å². The molecule has 7 rings (SSSR count). The Morgan fingerprint density at radius 1 is 1.11 bits per heavy atom. The first-order valence-corrected chi connectivity index (χ1v) is 15.2. The van der Waals surface area contributed by atoms with Gasteiger partial charge in [-0.1, -0.05) is 12.1 Å². The van der Waals surface area contributed by atoms with Crippen LogP contribution in [0.2, 0.25) is 0 Å². The molecule has 2 N–H and O–H groups in total. The zero-order valence-corrected chi connectivity index (χ0v) is 21.7. The lowest BCUT2D eigenvalue weighted by molar-refractivity contribution is -0.0198. The molecule has 9 nitrogen and oxygen atoms in total. The molecule has 3 saturated heterocycles. The normalized spacial score (nSPS) is 31.0. The van der Waals surface area contributed by atoms with Crippen LogP contribution in [0.4, 0.5) is 5.82 Å². The van der Waals surface area contributed by atoms with Crippen molar-refractivity contribution in [2.24, 2.45) is 0 Å². The average molecular weight is 524 g/mol. The molecule has 0 radical (unpaired) electrons. The van der Waals surface area contributed by atoms with Crippen molar-refractivity contribution >= 4 is 26.7 Å². The summed E-state index contributed by atoms with van der Waals surface area (Å²) < 4.78 is 38.3. The third-order valence-corrected chi connectivity index (χ3v) is 10.5. The number of nitrogen functional groups attached to an aromatic ring is 1. The van der Waals surface area contributed by atoms with Gasteiger partial charge in [-0.05, 0) is 56.2 Å². The van der Waals surface area contributed by atoms with Gasteiger partial charge in [0.15, 0.2) is 9.84 Å². The number of aromatic nitrogens is 3. The molecular weight excluding hydrogens is 490 g/mol. The van der Waals surface area contributed by atoms with Crippen LogP contribution in [-0.2, 0) is 14.6 Å². The van der Waals surface area contributed by atoms with Gasteiger partial charge in [-0.15, -0.1) is 0 Å². The van der Waals surface area contributed by atoms with Gasteiger partial charge in [-0.25, -0.2) is 18.4 Å². The first-order valence-electron chi connectivity index (χ1n) is 13.3. The van der Waals surface area contributed by atoms with Gasteiger partial charge in [0, 0.05) is 36.9 Å². The maximum Gasteiger partial charge on any atom is 0.152 e. The van der Waals surface area contributed by atoms with E-state index in [1.165, 1.54) is 6.33 Å². The van der Waals surface area contributed by atoms with E-state index in [2.05, 4.69) is 37.8 Å². The Kier molecular flexibility index (Phi) is 5.49. The lowest BCUT2D eigenvalue weighted by Crippen LogP contribution is -2.51. The minimum atomic E-state index is -2.87. The predicted molar refractivity (Wildman–Crippen MR) is 141 cm³/mol. The number of sulfone groups is 1. The van der Waals surface area contributed by atoms with Crippen molar-refractivity contribution in [3.05, 3.63) is 36.8 Å². The van der Waals surface area contributed by atoms with Crippen LogP contribution < -0.4 is 10.5 Å². The maximum absolute atomic E-state index is 11.8. The molecule has 0 amide bonds. The number of rotatable bonds is 6. The van der Waals surface area contributed by atoms with Crippen molar-refractivity contribution in [1.82, 2.24) is 19.4 Å². The van der Waals surface area contributed by atoms with Crippen molar-refractivity contribution in [1.29, 1.82) is 0 Å². The molecule has 2 bridgehead atoms. The van der Waals surface area contributed by atoms with Crippen molar-refractivity contribution in [2.75, 3.05) is 36.9 Å². The van der Waals surface area contributed by atoms with Gasteiger partial charge < -0.3 is 19.8 Å². The molecule has 37 heavy (non-hydrogen) atoms. The highest BCUT2D eigenvalue weighted by Crippen LogP contribution is 2.45. The van der Waals surface area contributed by atoms with Gasteiger partial charge in [0.25, 0.3) is 0 Å². The van der Waals surface area contributed by atoms with Gasteiger partial charge in [0.1, 0.15) is 35.7 Å². The Bertz CT molecular complexity index is 1430. The molecule has 1 aliphatic carbocycles. The summed E-state index contributed by atoms with van der Waals surface area (Å²) in [5.41, 5.74) is 9.13. The van der Waals surface area contributed by atoms with Crippen LogP contribution in [0.15, 0.2) is 36.8 Å². The summed E-state index contributed by atoms with van der Waals surface area (Å²) in [6.07, 6.45) is 10.5. The van der Waals surface area contributed by atoms with Crippen LogP contribution in [0, 0.1) is 0 Å². The zero-order valence-electron chi connectivity index (χ0n) is 20.9. The van der Waals surface area contributed by atoms with Gasteiger partial charge in [0.05, 0.1) is 23.0 Å². The molecule has 5 heterocycles. The fourth-order valence-electron chi connectivity index (χ4n) is 6.63. The second-order valence-corrected chi connectivity index (χ2v) is 13.5. The fourth-order valence-corrected chi connectivity index (χ4v) is 7.86. The third kappa shape index (κ3) is 4.19. The van der Waals surface area contributed by atoms with Crippen molar-refractivity contribution in [3.8, 4) is 16.9 Å². The number of ether oxygens (including phenoxy) is 2. The summed E-state index contributed by atoms with van der Waals surface area (Å²) >= 11 is 0. The Morgan fingerprint density at radius 2 is 1.89 bits per heavy atom. The Labute approximate surface area is 216 Å². The van der Waals surface area contributed by atoms with E-state index >= 15 is 0 Å². The van der Waals surface area contributed by atoms with Crippen LogP contribution in [0.1, 0.15) is 44.6 Å². The van der Waals surface area contributed by atoms with Crippen LogP contribution in [0.3, 0.4) is 0 Å². The molecule has 1 saturated carbocycles. The number of nitrogens with zero attached hydrogens (tertiary/aromatic N) is 4. The molecule has 2 aromatic heterocycles. The predicted octanol–water partition coefficient (Wildman–Crippen LogP) is 3.20. The fraction of sp³-hybridized carbons (Fsp3) is 0.556. The van der Waals surface area contributed by atoms with E-state index in [0.717, 1.165) is 66.4 Å². The van der Waals surface area contributed by atoms with Gasteiger partial charge in [0.2, 0.25) is 0 Å². The summed E-state index contributed by atoms with van der Waals surface area (Å²) in [7, 11) is -2.87. The highest BCUT2D eigenvalue weighted by atomic mass is 32.2. The number of fused-ring (bicyclic) bond motifs is 3. The average Bonchev–Trinajstić information content (AvgIpc) is 3.58. The summed E-state index contributed by atoms with van der Waals surface area (Å²) in [5, 5.41) is 0.864. The van der Waals surface area contributed by atoms with Gasteiger partial charge in [-0.2, -0.15) is 0 Å². The highest BCUT2D eigenvalue weighted by Gasteiger charge is 2.46. The van der Waals surface area contributed by atoms with E-state index in [0.29, 0.717) is 43.7 Å². The number of anilines is 1. The topological polar surface area (TPSA) is 113 Å². The smallest absolute Gasteiger partial charge is 0.152 e. The highest BCUT2D eigenvalue weighted by molar-refractivity contribution is 7.91. The number of nitrogens with two attached hydrogens (primary N) is 1. The first kappa shape index (κ1) is 23.4. The molecule has 10 heteroatoms. The number of hydrogen-bond acceptors (Lipinski definition) is 8. The molecule has 196 valence electrons. The van der Waals surface area contributed by atoms with Crippen LogP contribution in [0.5, 0.6) is 5.75 Å². The van der Waals surface area contributed by atoms with E-state index in [4.69, 9.17) is 15.2 Å². The Balaban J connectivity index is 1.13. The second kappa shape index (κ2) is 8.68. The molecule has 0 atom stereocenters. The standard InChI is InChI=1S/C27H33N5O4S/c28-25-24-23(18-2-1-3-22(12-18)35-16-27-6-4-21(36-27)5-7-27)15-32(26(24)30-17-29-25)20-13-19(14-20)31-8-10-37(33,34)11-9-31/h1-3,12,15,17,19-21H,4-11,13-14,16H2,(H2,28,29,30)/t19-,20+,21?,27?. The first-order chi connectivity index (χ1) is 17.9. The lowest BCUT2D eigenvalue weighted by atomic mass is 9.85. The summed E-state index contributed by atoms with van der Waals surface area (Å²) in [4.78, 5) is 11.2. The number of hydrogen-bond donors (Lipinski definition) is 1. The van der Waals surface area contributed by atoms with Crippen LogP contribution in [-0.4, -0.2) is 76.8 Å². The maximum atomic E-state index is 11.8. The summed E-state index contributed by atoms with van der Waals surface area (Å²) in [6.45, 7) is 1.85. The molecule has 0 unspecified atom stereocenters. The van der Waals surface area contributed by atoms with E-state index in [9.17, 15) is 8.42 Å². The van der Waals surface area contributed by atoms with Crippen LogP contribution in [0.25, 0.3) is 22.2 Å². The Hall–Kier alpha value is -2.69. The molecular formula is C27H33N5O4S. The van der Waals surface area contributed by atoms with Gasteiger partial charge in [-0.3, -0.25) is 4.90 Å². The van der Waals surface area contributed by atoms with E-state index in [-0.39, 0.29) is 17.1 Å². The minimum Gasteiger partial charge on any atom is -0.491 e. The monoisotopic (exact) mass is 523 g/mol. The third-order valence-electron chi connectivity index (χ3n) is 8.92. The summed E-state index contributed by atoms with van der Waals surface area (Å²) in [5.74, 6) is 1.82.